The van der Waals surface area contributed by atoms with Crippen LogP contribution in [0.15, 0.2) is 41.3 Å². The number of aromatic nitrogens is 3. The summed E-state index contributed by atoms with van der Waals surface area (Å²) >= 11 is 5.95. The number of hydrogen-bond donors (Lipinski definition) is 1. The Kier molecular flexibility index (Phi) is 4.53. The van der Waals surface area contributed by atoms with Crippen LogP contribution in [0.3, 0.4) is 0 Å². The van der Waals surface area contributed by atoms with Crippen molar-refractivity contribution in [1.82, 2.24) is 9.38 Å². The molecule has 0 bridgehead atoms. The average molecular weight is 331 g/mol. The summed E-state index contributed by atoms with van der Waals surface area (Å²) in [4.78, 5) is 15.7. The molecule has 0 aliphatic carbocycles. The topological polar surface area (TPSA) is 41.1 Å². The van der Waals surface area contributed by atoms with E-state index >= 15 is 0 Å². The molecule has 120 valence electrons. The molecule has 3 rings (SSSR count). The fraction of sp³-hybridized carbons (Fsp3) is 0.333. The molecule has 0 saturated carbocycles. The minimum atomic E-state index is -0.0132. The van der Waals surface area contributed by atoms with Crippen molar-refractivity contribution in [2.24, 2.45) is 0 Å². The molecule has 5 heteroatoms. The van der Waals surface area contributed by atoms with Gasteiger partial charge in [-0.2, -0.15) is 4.40 Å². The van der Waals surface area contributed by atoms with Gasteiger partial charge in [-0.15, -0.1) is 0 Å². The highest BCUT2D eigenvalue weighted by molar-refractivity contribution is 6.30. The van der Waals surface area contributed by atoms with Gasteiger partial charge >= 0.3 is 11.3 Å². The highest BCUT2D eigenvalue weighted by Crippen LogP contribution is 2.20. The fourth-order valence-corrected chi connectivity index (χ4v) is 2.97. The molecular weight excluding hydrogens is 310 g/mol. The normalized spacial score (nSPS) is 11.3. The van der Waals surface area contributed by atoms with E-state index in [2.05, 4.69) is 16.5 Å². The number of halogens is 1. The van der Waals surface area contributed by atoms with Crippen LogP contribution in [0.1, 0.15) is 31.9 Å². The van der Waals surface area contributed by atoms with E-state index in [1.165, 1.54) is 12.8 Å². The average Bonchev–Trinajstić information content (AvgIpc) is 2.97. The second kappa shape index (κ2) is 6.59. The minimum absolute atomic E-state index is 0.0132. The zero-order valence-corrected chi connectivity index (χ0v) is 14.2. The molecule has 1 aromatic carbocycles. The summed E-state index contributed by atoms with van der Waals surface area (Å²) < 4.78 is 3.86. The number of aryl methyl sites for hydroxylation is 2. The maximum atomic E-state index is 12.3. The number of aromatic amines is 1. The molecule has 0 unspecified atom stereocenters. The third-order valence-electron chi connectivity index (χ3n) is 4.12. The second-order valence-corrected chi connectivity index (χ2v) is 6.29. The monoisotopic (exact) mass is 330 g/mol. The quantitative estimate of drug-likeness (QED) is 0.562. The summed E-state index contributed by atoms with van der Waals surface area (Å²) in [6.45, 7) is 5.08. The molecule has 0 aliphatic heterocycles. The van der Waals surface area contributed by atoms with Crippen LogP contribution in [-0.4, -0.2) is 9.38 Å². The van der Waals surface area contributed by atoms with E-state index in [1.807, 2.05) is 37.4 Å². The number of H-pyrrole nitrogens is 1. The van der Waals surface area contributed by atoms with Crippen LogP contribution in [0.5, 0.6) is 0 Å². The molecule has 0 spiro atoms. The van der Waals surface area contributed by atoms with Crippen LogP contribution in [-0.2, 0) is 6.54 Å². The number of fused-ring (bicyclic) bond motifs is 1. The predicted molar refractivity (Wildman–Crippen MR) is 92.9 cm³/mol. The van der Waals surface area contributed by atoms with E-state index < -0.39 is 0 Å². The van der Waals surface area contributed by atoms with Crippen molar-refractivity contribution in [1.29, 1.82) is 0 Å². The van der Waals surface area contributed by atoms with Gasteiger partial charge in [0.25, 0.3) is 0 Å². The molecule has 0 radical (unpaired) electrons. The Bertz CT molecular complexity index is 878. The van der Waals surface area contributed by atoms with Crippen molar-refractivity contribution >= 4 is 17.4 Å². The Morgan fingerprint density at radius 2 is 1.96 bits per heavy atom. The lowest BCUT2D eigenvalue weighted by Gasteiger charge is -2.05. The highest BCUT2D eigenvalue weighted by Gasteiger charge is 2.17. The van der Waals surface area contributed by atoms with Gasteiger partial charge in [0.2, 0.25) is 0 Å². The van der Waals surface area contributed by atoms with Gasteiger partial charge in [0.05, 0.1) is 18.3 Å². The molecule has 0 atom stereocenters. The Labute approximate surface area is 140 Å². The van der Waals surface area contributed by atoms with Gasteiger partial charge in [0.1, 0.15) is 11.9 Å². The van der Waals surface area contributed by atoms with E-state index in [-0.39, 0.29) is 5.56 Å². The first-order valence-electron chi connectivity index (χ1n) is 8.01. The van der Waals surface area contributed by atoms with Crippen LogP contribution in [0.25, 0.3) is 17.0 Å². The van der Waals surface area contributed by atoms with Gasteiger partial charge in [0.15, 0.2) is 0 Å². The lowest BCUT2D eigenvalue weighted by molar-refractivity contribution is -0.683. The molecule has 3 aromatic rings. The summed E-state index contributed by atoms with van der Waals surface area (Å²) in [7, 11) is 0. The molecule has 2 aromatic heterocycles. The SMILES string of the molecule is CCCCC[n+]1c(C)cc(=O)n2cc(-c3ccc(Cl)cc3)[nH]c21. The Hall–Kier alpha value is -2.07. The first kappa shape index (κ1) is 15.8. The Morgan fingerprint density at radius 3 is 2.65 bits per heavy atom. The van der Waals surface area contributed by atoms with Gasteiger partial charge in [-0.05, 0) is 37.6 Å². The zero-order chi connectivity index (χ0) is 16.4. The smallest absolute Gasteiger partial charge is 0.250 e. The molecule has 2 heterocycles. The maximum absolute atomic E-state index is 12.3. The predicted octanol–water partition coefficient (Wildman–Crippen LogP) is 3.73. The lowest BCUT2D eigenvalue weighted by Crippen LogP contribution is -2.42. The van der Waals surface area contributed by atoms with E-state index in [9.17, 15) is 4.79 Å². The van der Waals surface area contributed by atoms with Crippen molar-refractivity contribution < 1.29 is 4.57 Å². The zero-order valence-electron chi connectivity index (χ0n) is 13.5. The summed E-state index contributed by atoms with van der Waals surface area (Å²) in [5, 5.41) is 0.701. The van der Waals surface area contributed by atoms with Gasteiger partial charge in [0, 0.05) is 10.6 Å². The maximum Gasteiger partial charge on any atom is 0.370 e. The number of rotatable bonds is 5. The van der Waals surface area contributed by atoms with E-state index in [0.717, 1.165) is 35.7 Å². The van der Waals surface area contributed by atoms with E-state index in [0.29, 0.717) is 5.02 Å². The van der Waals surface area contributed by atoms with Crippen LogP contribution in [0.4, 0.5) is 0 Å². The van der Waals surface area contributed by atoms with Crippen molar-refractivity contribution in [3.05, 3.63) is 57.6 Å². The molecule has 0 fully saturated rings. The molecule has 0 saturated heterocycles. The molecule has 23 heavy (non-hydrogen) atoms. The summed E-state index contributed by atoms with van der Waals surface area (Å²) in [5.41, 5.74) is 2.89. The number of nitrogens with zero attached hydrogens (tertiary/aromatic N) is 2. The lowest BCUT2D eigenvalue weighted by atomic mass is 10.2. The third-order valence-corrected chi connectivity index (χ3v) is 4.38. The molecule has 1 N–H and O–H groups in total. The first-order valence-corrected chi connectivity index (χ1v) is 8.38. The van der Waals surface area contributed by atoms with Crippen LogP contribution >= 0.6 is 11.6 Å². The second-order valence-electron chi connectivity index (χ2n) is 5.85. The highest BCUT2D eigenvalue weighted by atomic mass is 35.5. The number of benzene rings is 1. The van der Waals surface area contributed by atoms with E-state index in [1.54, 1.807) is 10.5 Å². The number of nitrogens with one attached hydrogen (secondary N) is 1. The van der Waals surface area contributed by atoms with Gasteiger partial charge in [-0.3, -0.25) is 4.79 Å². The van der Waals surface area contributed by atoms with Gasteiger partial charge in [-0.25, -0.2) is 9.55 Å². The van der Waals surface area contributed by atoms with Crippen molar-refractivity contribution in [2.45, 2.75) is 39.7 Å². The van der Waals surface area contributed by atoms with Crippen molar-refractivity contribution in [2.75, 3.05) is 0 Å². The summed E-state index contributed by atoms with van der Waals surface area (Å²) in [5.74, 6) is 0.830. The third kappa shape index (κ3) is 3.17. The molecule has 0 amide bonds. The largest absolute Gasteiger partial charge is 0.370 e. The first-order chi connectivity index (χ1) is 11.1. The molecule has 4 nitrogen and oxygen atoms in total. The van der Waals surface area contributed by atoms with Crippen LogP contribution in [0, 0.1) is 6.92 Å². The Balaban J connectivity index is 2.10. The van der Waals surface area contributed by atoms with E-state index in [4.69, 9.17) is 11.6 Å². The number of unbranched alkanes of at least 4 members (excludes halogenated alkanes) is 2. The summed E-state index contributed by atoms with van der Waals surface area (Å²) in [6, 6.07) is 9.30. The fourth-order valence-electron chi connectivity index (χ4n) is 2.84. The summed E-state index contributed by atoms with van der Waals surface area (Å²) in [6.07, 6.45) is 5.32. The van der Waals surface area contributed by atoms with Crippen molar-refractivity contribution in [3.8, 4) is 11.3 Å². The number of imidazole rings is 1. The molecule has 0 aliphatic rings. The minimum Gasteiger partial charge on any atom is -0.250 e. The van der Waals surface area contributed by atoms with Crippen LogP contribution in [0.2, 0.25) is 5.02 Å². The standard InChI is InChI=1S/C18H20ClN3O/c1-3-4-5-10-21-13(2)11-17(23)22-12-16(20-18(21)22)14-6-8-15(19)9-7-14/h6-9,11-12H,3-5,10H2,1-2H3/p+1. The van der Waals surface area contributed by atoms with Gasteiger partial charge in [-0.1, -0.05) is 31.4 Å². The van der Waals surface area contributed by atoms with Crippen LogP contribution < -0.4 is 10.1 Å². The van der Waals surface area contributed by atoms with Crippen molar-refractivity contribution in [3.63, 3.8) is 0 Å². The molecular formula is C18H21ClN3O+. The Morgan fingerprint density at radius 1 is 1.22 bits per heavy atom. The number of hydrogen-bond acceptors (Lipinski definition) is 1. The van der Waals surface area contributed by atoms with Gasteiger partial charge < -0.3 is 0 Å².